The number of phosphoric acid groups is 1. The normalized spacial score (nSPS) is 13.5. The lowest BCUT2D eigenvalue weighted by Crippen LogP contribution is -2.37. The summed E-state index contributed by atoms with van der Waals surface area (Å²) in [4.78, 5) is 36.1. The van der Waals surface area contributed by atoms with Gasteiger partial charge in [0.05, 0.1) is 27.7 Å². The number of carbonyl (C=O) groups excluding carboxylic acids is 2. The Morgan fingerprint density at radius 1 is 0.305 bits per heavy atom. The molecule has 608 valence electrons. The Bertz CT molecular complexity index is 2200. The largest absolute Gasteiger partial charge is 0.472 e. The van der Waals surface area contributed by atoms with Crippen molar-refractivity contribution in [1.82, 2.24) is 0 Å². The Morgan fingerprint density at radius 2 is 0.543 bits per heavy atom. The molecule has 9 nitrogen and oxygen atoms in total. The van der Waals surface area contributed by atoms with E-state index in [0.29, 0.717) is 17.4 Å². The molecule has 0 bridgehead atoms. The minimum atomic E-state index is -4.41. The molecule has 1 N–H and O–H groups in total. The van der Waals surface area contributed by atoms with Gasteiger partial charge in [0, 0.05) is 12.8 Å². The van der Waals surface area contributed by atoms with Gasteiger partial charge in [0.25, 0.3) is 0 Å². The quantitative estimate of drug-likeness (QED) is 0.0211. The summed E-state index contributed by atoms with van der Waals surface area (Å²) >= 11 is 0. The number of esters is 2. The van der Waals surface area contributed by atoms with Crippen LogP contribution in [-0.4, -0.2) is 74.9 Å². The predicted molar refractivity (Wildman–Crippen MR) is 459 cm³/mol. The summed E-state index contributed by atoms with van der Waals surface area (Å²) in [6.45, 7) is 4.37. The fourth-order valence-electron chi connectivity index (χ4n) is 13.0. The second kappa shape index (κ2) is 84.4. The van der Waals surface area contributed by atoms with E-state index in [9.17, 15) is 19.0 Å². The molecule has 0 aromatic rings. The smallest absolute Gasteiger partial charge is 0.462 e. The highest BCUT2D eigenvalue weighted by Crippen LogP contribution is 2.43. The van der Waals surface area contributed by atoms with E-state index < -0.39 is 26.5 Å². The number of allylic oxidation sites excluding steroid dienone is 20. The summed E-state index contributed by atoms with van der Waals surface area (Å²) in [5.74, 6) is -0.790. The second-order valence-corrected chi connectivity index (χ2v) is 32.7. The van der Waals surface area contributed by atoms with Crippen molar-refractivity contribution in [3.63, 3.8) is 0 Å². The maximum absolute atomic E-state index is 12.9. The van der Waals surface area contributed by atoms with E-state index >= 15 is 0 Å². The molecule has 0 aromatic carbocycles. The molecular formula is C95H171NO8P+. The number of unbranched alkanes of at least 4 members (excludes halogenated alkanes) is 49. The standard InChI is InChI=1S/C95H170NO8P/c1-6-8-10-12-14-16-18-20-22-24-26-28-30-32-34-36-38-40-42-44-46-48-50-52-54-56-58-60-62-64-66-68-70-72-74-76-78-80-82-84-86-88-95(98)104-93(92-103-105(99,100)102-90-89-96(3,4)5)91-101-94(97)87-85-83-81-79-77-75-73-71-69-67-65-63-61-59-57-55-53-51-49-47-45-43-41-39-37-35-33-31-29-27-25-23-21-19-17-15-13-11-9-7-2/h8,10,14,16,20,22,26,28,32,34,38,40,44,46,50,52,56,58,62,64,93H,6-7,9,11-13,15,17-19,21,23-25,27,29-31,33,35-37,39,41-43,45,47-49,51,53-55,57,59-61,63,65-92H2,1-5H3/p+1/b10-8-,16-14-,22-20-,28-26-,34-32-,40-38-,46-44-,52-50-,58-56-,64-62-. The van der Waals surface area contributed by atoms with Crippen LogP contribution in [0.1, 0.15) is 418 Å². The maximum Gasteiger partial charge on any atom is 0.472 e. The van der Waals surface area contributed by atoms with Gasteiger partial charge < -0.3 is 18.9 Å². The van der Waals surface area contributed by atoms with Crippen LogP contribution in [0.25, 0.3) is 0 Å². The minimum absolute atomic E-state index is 0.0280. The van der Waals surface area contributed by atoms with Gasteiger partial charge in [0.2, 0.25) is 0 Å². The number of quaternary nitrogens is 1. The van der Waals surface area contributed by atoms with Crippen molar-refractivity contribution in [3.05, 3.63) is 122 Å². The lowest BCUT2D eigenvalue weighted by atomic mass is 10.0. The summed E-state index contributed by atoms with van der Waals surface area (Å²) in [6, 6.07) is 0. The van der Waals surface area contributed by atoms with Gasteiger partial charge in [-0.2, -0.15) is 0 Å². The molecule has 0 saturated carbocycles. The van der Waals surface area contributed by atoms with Gasteiger partial charge in [0.15, 0.2) is 6.10 Å². The lowest BCUT2D eigenvalue weighted by Gasteiger charge is -2.24. The van der Waals surface area contributed by atoms with Crippen LogP contribution in [0.2, 0.25) is 0 Å². The summed E-state index contributed by atoms with van der Waals surface area (Å²) in [5, 5.41) is 0. The van der Waals surface area contributed by atoms with E-state index in [2.05, 4.69) is 135 Å². The molecule has 0 spiro atoms. The number of rotatable bonds is 83. The Hall–Kier alpha value is -3.59. The molecule has 10 heteroatoms. The molecule has 2 atom stereocenters. The maximum atomic E-state index is 12.9. The zero-order valence-corrected chi connectivity index (χ0v) is 70.6. The van der Waals surface area contributed by atoms with Gasteiger partial charge in [-0.3, -0.25) is 18.6 Å². The summed E-state index contributed by atoms with van der Waals surface area (Å²) in [7, 11) is 1.48. The van der Waals surface area contributed by atoms with Crippen molar-refractivity contribution in [1.29, 1.82) is 0 Å². The summed E-state index contributed by atoms with van der Waals surface area (Å²) in [6.07, 6.45) is 122. The van der Waals surface area contributed by atoms with Gasteiger partial charge in [-0.05, 0) is 89.9 Å². The van der Waals surface area contributed by atoms with Crippen molar-refractivity contribution >= 4 is 19.8 Å². The average molecular weight is 1490 g/mol. The van der Waals surface area contributed by atoms with Crippen LogP contribution in [0, 0.1) is 0 Å². The number of phosphoric ester groups is 1. The van der Waals surface area contributed by atoms with Crippen molar-refractivity contribution in [2.75, 3.05) is 47.5 Å². The van der Waals surface area contributed by atoms with Crippen LogP contribution in [0.15, 0.2) is 122 Å². The topological polar surface area (TPSA) is 108 Å². The molecule has 0 aromatic heterocycles. The number of hydrogen-bond acceptors (Lipinski definition) is 7. The summed E-state index contributed by atoms with van der Waals surface area (Å²) < 4.78 is 34.9. The number of ether oxygens (including phenoxy) is 2. The van der Waals surface area contributed by atoms with Crippen LogP contribution in [0.5, 0.6) is 0 Å². The Balaban J connectivity index is 3.93. The third-order valence-corrected chi connectivity index (χ3v) is 20.7. The molecule has 0 aliphatic heterocycles. The molecule has 0 rings (SSSR count). The fourth-order valence-corrected chi connectivity index (χ4v) is 13.7. The van der Waals surface area contributed by atoms with E-state index in [1.54, 1.807) is 0 Å². The molecular weight excluding hydrogens is 1310 g/mol. The monoisotopic (exact) mass is 1490 g/mol. The first-order chi connectivity index (χ1) is 51.5. The highest BCUT2D eigenvalue weighted by molar-refractivity contribution is 7.47. The number of hydrogen-bond donors (Lipinski definition) is 1. The number of likely N-dealkylation sites (N-methyl/N-ethyl adjacent to an activating group) is 1. The first-order valence-electron chi connectivity index (χ1n) is 44.8. The van der Waals surface area contributed by atoms with E-state index in [4.69, 9.17) is 18.5 Å². The van der Waals surface area contributed by atoms with Crippen molar-refractivity contribution in [3.8, 4) is 0 Å². The Kier molecular flexibility index (Phi) is 81.5. The molecule has 105 heavy (non-hydrogen) atoms. The van der Waals surface area contributed by atoms with E-state index in [0.717, 1.165) is 109 Å². The molecule has 0 aliphatic rings. The molecule has 0 aliphatic carbocycles. The van der Waals surface area contributed by atoms with Gasteiger partial charge in [-0.15, -0.1) is 0 Å². The van der Waals surface area contributed by atoms with Crippen LogP contribution in [-0.2, 0) is 32.7 Å². The fraction of sp³-hybridized carbons (Fsp3) is 0.768. The number of nitrogens with zero attached hydrogens (tertiary/aromatic N) is 1. The van der Waals surface area contributed by atoms with Crippen LogP contribution >= 0.6 is 7.82 Å². The SMILES string of the molecule is CC/C=C\C/C=C\C/C=C\C/C=C\C/C=C\C/C=C\C/C=C\C/C=C\C/C=C\C/C=C\CCCCCCCCCCCCC(=O)OC(COC(=O)CCCCCCCCCCCCCCCCCCCCCCCCCCCCCCCCCCCCCCCCCC)COP(=O)(O)OCC[N+](C)(C)C. The molecule has 0 saturated heterocycles. The molecule has 0 fully saturated rings. The van der Waals surface area contributed by atoms with Crippen LogP contribution in [0.3, 0.4) is 0 Å². The van der Waals surface area contributed by atoms with E-state index in [1.165, 1.54) is 276 Å². The first kappa shape index (κ1) is 101. The highest BCUT2D eigenvalue weighted by atomic mass is 31.2. The third kappa shape index (κ3) is 89.2. The first-order valence-corrected chi connectivity index (χ1v) is 46.3. The Labute approximate surface area is 651 Å². The van der Waals surface area contributed by atoms with E-state index in [1.807, 2.05) is 21.1 Å². The third-order valence-electron chi connectivity index (χ3n) is 19.8. The Morgan fingerprint density at radius 3 is 0.810 bits per heavy atom. The molecule has 0 radical (unpaired) electrons. The van der Waals surface area contributed by atoms with Crippen molar-refractivity contribution < 1.29 is 42.1 Å². The second-order valence-electron chi connectivity index (χ2n) is 31.3. The zero-order chi connectivity index (χ0) is 76.1. The van der Waals surface area contributed by atoms with Gasteiger partial charge in [0.1, 0.15) is 19.8 Å². The lowest BCUT2D eigenvalue weighted by molar-refractivity contribution is -0.870. The average Bonchev–Trinajstić information content (AvgIpc) is 0.935. The minimum Gasteiger partial charge on any atom is -0.462 e. The molecule has 2 unspecified atom stereocenters. The predicted octanol–water partition coefficient (Wildman–Crippen LogP) is 30.5. The zero-order valence-electron chi connectivity index (χ0n) is 69.7. The van der Waals surface area contributed by atoms with Gasteiger partial charge in [-0.1, -0.05) is 437 Å². The van der Waals surface area contributed by atoms with Gasteiger partial charge >= 0.3 is 19.8 Å². The van der Waals surface area contributed by atoms with E-state index in [-0.39, 0.29) is 32.0 Å². The van der Waals surface area contributed by atoms with Crippen LogP contribution in [0.4, 0.5) is 0 Å². The number of carbonyl (C=O) groups is 2. The molecule has 0 heterocycles. The van der Waals surface area contributed by atoms with Crippen molar-refractivity contribution in [2.24, 2.45) is 0 Å². The van der Waals surface area contributed by atoms with Crippen LogP contribution < -0.4 is 0 Å². The molecule has 0 amide bonds. The van der Waals surface area contributed by atoms with Gasteiger partial charge in [-0.25, -0.2) is 4.57 Å². The summed E-state index contributed by atoms with van der Waals surface area (Å²) in [5.41, 5.74) is 0. The van der Waals surface area contributed by atoms with Crippen molar-refractivity contribution in [2.45, 2.75) is 424 Å². The highest BCUT2D eigenvalue weighted by Gasteiger charge is 2.27.